The molecule has 35 heavy (non-hydrogen) atoms. The van der Waals surface area contributed by atoms with Gasteiger partial charge in [-0.15, -0.1) is 0 Å². The molecular formula is C25H21BrN4O4S. The molecule has 2 N–H and O–H groups in total. The summed E-state index contributed by atoms with van der Waals surface area (Å²) in [5.74, 6) is 0.330. The summed E-state index contributed by atoms with van der Waals surface area (Å²) < 4.78 is 6.36. The topological polar surface area (TPSA) is 110 Å². The minimum Gasteiger partial charge on any atom is -0.436 e. The second kappa shape index (κ2) is 10.3. The van der Waals surface area contributed by atoms with Crippen LogP contribution in [0, 0.1) is 10.1 Å². The third-order valence-corrected chi connectivity index (χ3v) is 6.49. The fourth-order valence-electron chi connectivity index (χ4n) is 3.47. The van der Waals surface area contributed by atoms with Gasteiger partial charge in [0, 0.05) is 27.9 Å². The Kier molecular flexibility index (Phi) is 7.23. The zero-order valence-corrected chi connectivity index (χ0v) is 21.3. The molecule has 0 aliphatic carbocycles. The fraction of sp³-hybridized carbons (Fsp3) is 0.160. The van der Waals surface area contributed by atoms with Crippen LogP contribution in [0.5, 0.6) is 0 Å². The first-order valence-corrected chi connectivity index (χ1v) is 12.0. The number of rotatable bonds is 6. The van der Waals surface area contributed by atoms with Crippen LogP contribution < -0.4 is 10.6 Å². The number of nitro groups is 1. The molecule has 0 aliphatic heterocycles. The van der Waals surface area contributed by atoms with E-state index < -0.39 is 10.8 Å². The maximum absolute atomic E-state index is 12.6. The van der Waals surface area contributed by atoms with Gasteiger partial charge in [-0.3, -0.25) is 20.2 Å². The highest BCUT2D eigenvalue weighted by Crippen LogP contribution is 2.29. The minimum atomic E-state index is -0.578. The van der Waals surface area contributed by atoms with Crippen molar-refractivity contribution in [2.75, 3.05) is 5.32 Å². The van der Waals surface area contributed by atoms with E-state index in [1.807, 2.05) is 24.3 Å². The number of aromatic nitrogens is 1. The number of fused-ring (bicyclic) bond motifs is 1. The average Bonchev–Trinajstić information content (AvgIpc) is 3.27. The molecule has 4 rings (SSSR count). The summed E-state index contributed by atoms with van der Waals surface area (Å²) >= 11 is 8.51. The van der Waals surface area contributed by atoms with Crippen molar-refractivity contribution in [2.45, 2.75) is 26.2 Å². The third-order valence-electron chi connectivity index (χ3n) is 5.59. The summed E-state index contributed by atoms with van der Waals surface area (Å²) in [4.78, 5) is 27.7. The number of nitrogens with zero attached hydrogens (tertiary/aromatic N) is 2. The normalized spacial score (nSPS) is 11.7. The Morgan fingerprint density at radius 1 is 1.20 bits per heavy atom. The molecular weight excluding hydrogens is 532 g/mol. The van der Waals surface area contributed by atoms with Crippen molar-refractivity contribution in [1.29, 1.82) is 0 Å². The Hall–Kier alpha value is -3.63. The first-order chi connectivity index (χ1) is 16.7. The number of anilines is 1. The van der Waals surface area contributed by atoms with Crippen molar-refractivity contribution >= 4 is 61.6 Å². The lowest BCUT2D eigenvalue weighted by molar-refractivity contribution is -0.384. The van der Waals surface area contributed by atoms with Gasteiger partial charge in [0.05, 0.1) is 10.5 Å². The maximum Gasteiger partial charge on any atom is 0.270 e. The highest BCUT2D eigenvalue weighted by Gasteiger charge is 2.17. The Morgan fingerprint density at radius 3 is 2.74 bits per heavy atom. The second-order valence-corrected chi connectivity index (χ2v) is 9.23. The van der Waals surface area contributed by atoms with E-state index in [1.54, 1.807) is 6.07 Å². The number of carbonyl (C=O) groups is 1. The monoisotopic (exact) mass is 552 g/mol. The van der Waals surface area contributed by atoms with E-state index in [9.17, 15) is 14.9 Å². The molecule has 1 heterocycles. The SMILES string of the molecule is CC[C@@H](C)c1ccc2oc(-c3cccc(NC(=S)NC(=O)c4cc([N+](=O)[O-])ccc4Br)c3)nc2c1. The summed E-state index contributed by atoms with van der Waals surface area (Å²) in [6.07, 6.45) is 1.04. The van der Waals surface area contributed by atoms with Crippen LogP contribution >= 0.6 is 28.1 Å². The van der Waals surface area contributed by atoms with Crippen molar-refractivity contribution in [3.05, 3.63) is 86.4 Å². The highest BCUT2D eigenvalue weighted by atomic mass is 79.9. The molecule has 1 amide bonds. The molecule has 0 spiro atoms. The molecule has 0 bridgehead atoms. The van der Waals surface area contributed by atoms with Crippen LogP contribution in [-0.4, -0.2) is 20.9 Å². The summed E-state index contributed by atoms with van der Waals surface area (Å²) in [7, 11) is 0. The zero-order chi connectivity index (χ0) is 25.1. The largest absolute Gasteiger partial charge is 0.436 e. The second-order valence-electron chi connectivity index (χ2n) is 7.97. The predicted octanol–water partition coefficient (Wildman–Crippen LogP) is 6.81. The van der Waals surface area contributed by atoms with Gasteiger partial charge in [-0.05, 0) is 82.4 Å². The van der Waals surface area contributed by atoms with E-state index >= 15 is 0 Å². The number of amides is 1. The van der Waals surface area contributed by atoms with Gasteiger partial charge in [0.2, 0.25) is 5.89 Å². The number of hydrogen-bond acceptors (Lipinski definition) is 6. The number of thiocarbonyl (C=S) groups is 1. The number of non-ortho nitro benzene ring substituents is 1. The van der Waals surface area contributed by atoms with E-state index in [4.69, 9.17) is 16.6 Å². The summed E-state index contributed by atoms with van der Waals surface area (Å²) in [6, 6.07) is 17.3. The fourth-order valence-corrected chi connectivity index (χ4v) is 4.11. The number of oxazole rings is 1. The molecule has 0 aliphatic rings. The van der Waals surface area contributed by atoms with Gasteiger partial charge in [-0.2, -0.15) is 0 Å². The van der Waals surface area contributed by atoms with Gasteiger partial charge in [0.1, 0.15) is 5.52 Å². The van der Waals surface area contributed by atoms with Crippen LogP contribution in [0.3, 0.4) is 0 Å². The van der Waals surface area contributed by atoms with E-state index in [-0.39, 0.29) is 16.4 Å². The molecule has 0 saturated heterocycles. The molecule has 3 aromatic carbocycles. The van der Waals surface area contributed by atoms with E-state index in [0.717, 1.165) is 17.5 Å². The number of halogens is 1. The van der Waals surface area contributed by atoms with E-state index in [2.05, 4.69) is 57.5 Å². The maximum atomic E-state index is 12.6. The summed E-state index contributed by atoms with van der Waals surface area (Å²) in [5, 5.41) is 16.6. The Morgan fingerprint density at radius 2 is 2.00 bits per heavy atom. The molecule has 8 nitrogen and oxygen atoms in total. The van der Waals surface area contributed by atoms with Gasteiger partial charge in [0.25, 0.3) is 11.6 Å². The zero-order valence-electron chi connectivity index (χ0n) is 18.9. The lowest BCUT2D eigenvalue weighted by Crippen LogP contribution is -2.34. The van der Waals surface area contributed by atoms with Crippen LogP contribution in [0.2, 0.25) is 0 Å². The van der Waals surface area contributed by atoms with Crippen molar-refractivity contribution in [1.82, 2.24) is 10.3 Å². The lowest BCUT2D eigenvalue weighted by atomic mass is 9.98. The molecule has 0 unspecified atom stereocenters. The van der Waals surface area contributed by atoms with Crippen molar-refractivity contribution in [3.63, 3.8) is 0 Å². The molecule has 4 aromatic rings. The van der Waals surface area contributed by atoms with Gasteiger partial charge < -0.3 is 9.73 Å². The predicted molar refractivity (Wildman–Crippen MR) is 143 cm³/mol. The molecule has 178 valence electrons. The van der Waals surface area contributed by atoms with Crippen molar-refractivity contribution < 1.29 is 14.1 Å². The van der Waals surface area contributed by atoms with Gasteiger partial charge >= 0.3 is 0 Å². The number of nitrogens with one attached hydrogen (secondary N) is 2. The molecule has 0 saturated carbocycles. The summed E-state index contributed by atoms with van der Waals surface area (Å²) in [5.41, 5.74) is 3.98. The highest BCUT2D eigenvalue weighted by molar-refractivity contribution is 9.10. The van der Waals surface area contributed by atoms with E-state index in [1.165, 1.54) is 23.8 Å². The summed E-state index contributed by atoms with van der Waals surface area (Å²) in [6.45, 7) is 4.33. The van der Waals surface area contributed by atoms with Crippen LogP contribution in [-0.2, 0) is 0 Å². The number of benzene rings is 3. The Labute approximate surface area is 215 Å². The van der Waals surface area contributed by atoms with Crippen LogP contribution in [0.25, 0.3) is 22.6 Å². The van der Waals surface area contributed by atoms with Gasteiger partial charge in [0.15, 0.2) is 10.7 Å². The minimum absolute atomic E-state index is 0.0429. The Bertz CT molecular complexity index is 1450. The number of nitro benzene ring substituents is 1. The lowest BCUT2D eigenvalue weighted by Gasteiger charge is -2.11. The van der Waals surface area contributed by atoms with Crippen LogP contribution in [0.1, 0.15) is 42.1 Å². The number of carbonyl (C=O) groups excluding carboxylic acids is 1. The van der Waals surface area contributed by atoms with Gasteiger partial charge in [-0.25, -0.2) is 4.98 Å². The first kappa shape index (κ1) is 24.5. The molecule has 0 radical (unpaired) electrons. The molecule has 1 aromatic heterocycles. The van der Waals surface area contributed by atoms with Crippen molar-refractivity contribution in [3.8, 4) is 11.5 Å². The van der Waals surface area contributed by atoms with E-state index in [0.29, 0.717) is 27.6 Å². The molecule has 1 atom stereocenters. The van der Waals surface area contributed by atoms with Gasteiger partial charge in [-0.1, -0.05) is 26.0 Å². The number of hydrogen-bond donors (Lipinski definition) is 2. The third kappa shape index (κ3) is 5.55. The van der Waals surface area contributed by atoms with Crippen LogP contribution in [0.15, 0.2) is 69.6 Å². The Balaban J connectivity index is 1.50. The first-order valence-electron chi connectivity index (χ1n) is 10.8. The van der Waals surface area contributed by atoms with Crippen LogP contribution in [0.4, 0.5) is 11.4 Å². The standard InChI is InChI=1S/C25H21BrN4O4S/c1-3-14(2)15-7-10-22-21(12-15)28-24(34-22)16-5-4-6-17(11-16)27-25(35)29-23(31)19-13-18(30(32)33)8-9-20(19)26/h4-14H,3H2,1-2H3,(H2,27,29,31,35)/t14-/m1/s1. The molecule has 0 fully saturated rings. The molecule has 10 heteroatoms. The average molecular weight is 553 g/mol. The smallest absolute Gasteiger partial charge is 0.270 e. The van der Waals surface area contributed by atoms with Crippen molar-refractivity contribution in [2.24, 2.45) is 0 Å². The quantitative estimate of drug-likeness (QED) is 0.153.